The number of ether oxygens (including phenoxy) is 3. The van der Waals surface area contributed by atoms with E-state index in [9.17, 15) is 4.79 Å². The van der Waals surface area contributed by atoms with Gasteiger partial charge in [-0.2, -0.15) is 0 Å². The molecule has 0 fully saturated rings. The average Bonchev–Trinajstić information content (AvgIpc) is 2.67. The van der Waals surface area contributed by atoms with Gasteiger partial charge in [0.15, 0.2) is 5.43 Å². The first kappa shape index (κ1) is 18.3. The summed E-state index contributed by atoms with van der Waals surface area (Å²) in [7, 11) is 3.15. The lowest BCUT2D eigenvalue weighted by Crippen LogP contribution is -2.02. The van der Waals surface area contributed by atoms with Crippen molar-refractivity contribution in [3.63, 3.8) is 0 Å². The van der Waals surface area contributed by atoms with Gasteiger partial charge in [-0.1, -0.05) is 15.9 Å². The fourth-order valence-corrected chi connectivity index (χ4v) is 2.79. The highest BCUT2D eigenvalue weighted by atomic mass is 79.9. The average molecular weight is 419 g/mol. The molecule has 0 aliphatic heterocycles. The Hall–Kier alpha value is -2.47. The molecule has 0 unspecified atom stereocenters. The third kappa shape index (κ3) is 4.02. The monoisotopic (exact) mass is 418 g/mol. The molecule has 0 N–H and O–H groups in total. The Kier molecular flexibility index (Phi) is 5.83. The summed E-state index contributed by atoms with van der Waals surface area (Å²) < 4.78 is 22.2. The van der Waals surface area contributed by atoms with Crippen molar-refractivity contribution in [2.24, 2.45) is 0 Å². The van der Waals surface area contributed by atoms with Crippen molar-refractivity contribution in [3.05, 3.63) is 52.7 Å². The molecule has 0 atom stereocenters. The summed E-state index contributed by atoms with van der Waals surface area (Å²) in [5.74, 6) is 2.35. The summed E-state index contributed by atoms with van der Waals surface area (Å²) >= 11 is 3.37. The van der Waals surface area contributed by atoms with Crippen LogP contribution in [0.5, 0.6) is 17.2 Å². The second-order valence-electron chi connectivity index (χ2n) is 5.63. The van der Waals surface area contributed by atoms with E-state index >= 15 is 0 Å². The standard InChI is InChI=1S/C20H19BrO5/c1-23-15-8-13(9-16(10-15)24-2)19-12-18(22)17-5-4-14(11-20(17)26-19)25-7-3-6-21/h4-5,8-12H,3,6-7H2,1-2H3. The third-order valence-corrected chi connectivity index (χ3v) is 4.44. The molecule has 3 rings (SSSR count). The van der Waals surface area contributed by atoms with Gasteiger partial charge in [-0.05, 0) is 30.7 Å². The molecule has 0 amide bonds. The van der Waals surface area contributed by atoms with Crippen LogP contribution in [0.4, 0.5) is 0 Å². The molecular weight excluding hydrogens is 400 g/mol. The Morgan fingerprint density at radius 1 is 0.962 bits per heavy atom. The van der Waals surface area contributed by atoms with Crippen LogP contribution in [0.1, 0.15) is 6.42 Å². The SMILES string of the molecule is COc1cc(OC)cc(-c2cc(=O)c3ccc(OCCCBr)cc3o2)c1. The van der Waals surface area contributed by atoms with Crippen molar-refractivity contribution in [1.82, 2.24) is 0 Å². The van der Waals surface area contributed by atoms with E-state index in [4.69, 9.17) is 18.6 Å². The molecule has 0 radical (unpaired) electrons. The molecule has 0 spiro atoms. The molecule has 5 nitrogen and oxygen atoms in total. The van der Waals surface area contributed by atoms with Crippen LogP contribution in [0, 0.1) is 0 Å². The second kappa shape index (κ2) is 8.27. The van der Waals surface area contributed by atoms with Gasteiger partial charge in [-0.25, -0.2) is 0 Å². The van der Waals surface area contributed by atoms with E-state index in [2.05, 4.69) is 15.9 Å². The number of methoxy groups -OCH3 is 2. The molecule has 0 aliphatic rings. The fraction of sp³-hybridized carbons (Fsp3) is 0.250. The Morgan fingerprint density at radius 3 is 2.35 bits per heavy atom. The Bertz CT molecular complexity index is 942. The minimum Gasteiger partial charge on any atom is -0.497 e. The Labute approximate surface area is 159 Å². The molecule has 0 aliphatic carbocycles. The lowest BCUT2D eigenvalue weighted by molar-refractivity contribution is 0.319. The lowest BCUT2D eigenvalue weighted by atomic mass is 10.1. The normalized spacial score (nSPS) is 10.7. The van der Waals surface area contributed by atoms with Crippen LogP contribution < -0.4 is 19.6 Å². The van der Waals surface area contributed by atoms with Crippen molar-refractivity contribution in [2.45, 2.75) is 6.42 Å². The van der Waals surface area contributed by atoms with E-state index in [-0.39, 0.29) is 5.43 Å². The first-order valence-corrected chi connectivity index (χ1v) is 9.27. The molecule has 136 valence electrons. The van der Waals surface area contributed by atoms with Gasteiger partial charge in [0.25, 0.3) is 0 Å². The third-order valence-electron chi connectivity index (χ3n) is 3.88. The number of rotatable bonds is 7. The van der Waals surface area contributed by atoms with E-state index in [1.54, 1.807) is 50.6 Å². The summed E-state index contributed by atoms with van der Waals surface area (Å²) in [5, 5.41) is 1.38. The molecule has 0 saturated carbocycles. The molecule has 26 heavy (non-hydrogen) atoms. The van der Waals surface area contributed by atoms with E-state index in [1.807, 2.05) is 0 Å². The first-order chi connectivity index (χ1) is 12.6. The number of halogens is 1. The van der Waals surface area contributed by atoms with Gasteiger partial charge in [-0.3, -0.25) is 4.79 Å². The number of fused-ring (bicyclic) bond motifs is 1. The van der Waals surface area contributed by atoms with Crippen LogP contribution in [0.25, 0.3) is 22.3 Å². The largest absolute Gasteiger partial charge is 0.497 e. The maximum Gasteiger partial charge on any atom is 0.193 e. The molecule has 6 heteroatoms. The number of hydrogen-bond donors (Lipinski definition) is 0. The maximum atomic E-state index is 12.5. The van der Waals surface area contributed by atoms with Gasteiger partial charge in [0.2, 0.25) is 0 Å². The van der Waals surface area contributed by atoms with Gasteiger partial charge >= 0.3 is 0 Å². The second-order valence-corrected chi connectivity index (χ2v) is 6.42. The Balaban J connectivity index is 2.05. The summed E-state index contributed by atoms with van der Waals surface area (Å²) in [5.41, 5.74) is 1.06. The van der Waals surface area contributed by atoms with Gasteiger partial charge in [0.1, 0.15) is 28.6 Å². The highest BCUT2D eigenvalue weighted by Gasteiger charge is 2.11. The molecular formula is C20H19BrO5. The summed E-state index contributed by atoms with van der Waals surface area (Å²) in [4.78, 5) is 12.5. The number of hydrogen-bond acceptors (Lipinski definition) is 5. The van der Waals surface area contributed by atoms with E-state index < -0.39 is 0 Å². The number of alkyl halides is 1. The lowest BCUT2D eigenvalue weighted by Gasteiger charge is -2.09. The minimum absolute atomic E-state index is 0.116. The quantitative estimate of drug-likeness (QED) is 0.413. The molecule has 1 aromatic heterocycles. The van der Waals surface area contributed by atoms with Gasteiger partial charge < -0.3 is 18.6 Å². The van der Waals surface area contributed by atoms with Crippen LogP contribution in [0.15, 0.2) is 51.7 Å². The molecule has 3 aromatic rings. The summed E-state index contributed by atoms with van der Waals surface area (Å²) in [6.45, 7) is 0.591. The van der Waals surface area contributed by atoms with Crippen molar-refractivity contribution in [2.75, 3.05) is 26.2 Å². The predicted molar refractivity (Wildman–Crippen MR) is 105 cm³/mol. The highest BCUT2D eigenvalue weighted by Crippen LogP contribution is 2.31. The van der Waals surface area contributed by atoms with Crippen LogP contribution in [0.2, 0.25) is 0 Å². The van der Waals surface area contributed by atoms with Crippen LogP contribution in [0.3, 0.4) is 0 Å². The highest BCUT2D eigenvalue weighted by molar-refractivity contribution is 9.09. The van der Waals surface area contributed by atoms with Gasteiger partial charge in [0.05, 0.1) is 26.2 Å². The van der Waals surface area contributed by atoms with Crippen LogP contribution in [-0.2, 0) is 0 Å². The van der Waals surface area contributed by atoms with Crippen molar-refractivity contribution in [1.29, 1.82) is 0 Å². The van der Waals surface area contributed by atoms with Crippen LogP contribution >= 0.6 is 15.9 Å². The zero-order valence-corrected chi connectivity index (χ0v) is 16.2. The van der Waals surface area contributed by atoms with E-state index in [0.717, 1.165) is 11.8 Å². The fourth-order valence-electron chi connectivity index (χ4n) is 2.56. The van der Waals surface area contributed by atoms with Crippen molar-refractivity contribution >= 4 is 26.9 Å². The van der Waals surface area contributed by atoms with Crippen molar-refractivity contribution < 1.29 is 18.6 Å². The zero-order chi connectivity index (χ0) is 18.5. The Morgan fingerprint density at radius 2 is 1.69 bits per heavy atom. The van der Waals surface area contributed by atoms with Crippen molar-refractivity contribution in [3.8, 4) is 28.6 Å². The first-order valence-electron chi connectivity index (χ1n) is 8.14. The topological polar surface area (TPSA) is 57.9 Å². The van der Waals surface area contributed by atoms with E-state index in [1.165, 1.54) is 6.07 Å². The molecule has 1 heterocycles. The number of benzene rings is 2. The van der Waals surface area contributed by atoms with Gasteiger partial charge in [0, 0.05) is 29.1 Å². The molecule has 2 aromatic carbocycles. The summed E-state index contributed by atoms with van der Waals surface area (Å²) in [6.07, 6.45) is 0.894. The maximum absolute atomic E-state index is 12.5. The van der Waals surface area contributed by atoms with Gasteiger partial charge in [-0.15, -0.1) is 0 Å². The smallest absolute Gasteiger partial charge is 0.193 e. The zero-order valence-electron chi connectivity index (χ0n) is 14.6. The predicted octanol–water partition coefficient (Wildman–Crippen LogP) is 4.64. The van der Waals surface area contributed by atoms with E-state index in [0.29, 0.717) is 46.1 Å². The molecule has 0 bridgehead atoms. The summed E-state index contributed by atoms with van der Waals surface area (Å²) in [6, 6.07) is 12.1. The minimum atomic E-state index is -0.116. The van der Waals surface area contributed by atoms with Crippen LogP contribution in [-0.4, -0.2) is 26.2 Å². The molecule has 0 saturated heterocycles.